The lowest BCUT2D eigenvalue weighted by molar-refractivity contribution is 0.601. The Hall–Kier alpha value is -0.860. The molecule has 1 aliphatic rings. The molecule has 0 aliphatic carbocycles. The van der Waals surface area contributed by atoms with E-state index in [1.165, 1.54) is 16.0 Å². The van der Waals surface area contributed by atoms with E-state index in [4.69, 9.17) is 16.9 Å². The highest BCUT2D eigenvalue weighted by Gasteiger charge is 2.26. The highest BCUT2D eigenvalue weighted by atomic mass is 35.5. The quantitative estimate of drug-likeness (QED) is 0.867. The van der Waals surface area contributed by atoms with Crippen molar-refractivity contribution in [2.75, 3.05) is 6.54 Å². The van der Waals surface area contributed by atoms with Crippen molar-refractivity contribution in [3.05, 3.63) is 42.7 Å². The molecule has 2 nitrogen and oxygen atoms in total. The molecule has 1 aliphatic heterocycles. The molecule has 0 aromatic carbocycles. The van der Waals surface area contributed by atoms with Crippen molar-refractivity contribution in [3.63, 3.8) is 0 Å². The van der Waals surface area contributed by atoms with Crippen LogP contribution in [0.3, 0.4) is 0 Å². The molecule has 0 saturated carbocycles. The first-order chi connectivity index (χ1) is 8.29. The zero-order valence-electron chi connectivity index (χ0n) is 8.87. The maximum absolute atomic E-state index is 8.97. The van der Waals surface area contributed by atoms with Crippen molar-refractivity contribution in [2.45, 2.75) is 12.5 Å². The van der Waals surface area contributed by atoms with Crippen LogP contribution in [0.25, 0.3) is 0 Å². The highest BCUT2D eigenvalue weighted by molar-refractivity contribution is 7.14. The number of thiophene rings is 2. The van der Waals surface area contributed by atoms with Crippen LogP contribution < -0.4 is 5.32 Å². The molecular formula is C12H9ClN2S2. The standard InChI is InChI=1S/C12H9ClN2S2/c13-12-8(1-2-16-12)10-5-15-6-11-9(10)3-7(4-14)17-11/h1-3,10,15H,5-6H2. The summed E-state index contributed by atoms with van der Waals surface area (Å²) in [4.78, 5) is 2.05. The Kier molecular flexibility index (Phi) is 2.93. The number of nitriles is 1. The van der Waals surface area contributed by atoms with Crippen molar-refractivity contribution in [1.29, 1.82) is 5.26 Å². The fourth-order valence-electron chi connectivity index (χ4n) is 2.20. The van der Waals surface area contributed by atoms with Crippen LogP contribution >= 0.6 is 34.3 Å². The fraction of sp³-hybridized carbons (Fsp3) is 0.250. The summed E-state index contributed by atoms with van der Waals surface area (Å²) in [5.41, 5.74) is 2.44. The first kappa shape index (κ1) is 11.2. The molecule has 17 heavy (non-hydrogen) atoms. The largest absolute Gasteiger partial charge is 0.311 e. The van der Waals surface area contributed by atoms with Gasteiger partial charge in [0.1, 0.15) is 10.9 Å². The molecule has 0 amide bonds. The summed E-state index contributed by atoms with van der Waals surface area (Å²) in [7, 11) is 0. The van der Waals surface area contributed by atoms with Crippen LogP contribution in [0.15, 0.2) is 17.5 Å². The predicted molar refractivity (Wildman–Crippen MR) is 71.9 cm³/mol. The van der Waals surface area contributed by atoms with Gasteiger partial charge in [-0.1, -0.05) is 11.6 Å². The summed E-state index contributed by atoms with van der Waals surface area (Å²) >= 11 is 9.35. The summed E-state index contributed by atoms with van der Waals surface area (Å²) in [5.74, 6) is 0.288. The third-order valence-corrected chi connectivity index (χ3v) is 5.24. The van der Waals surface area contributed by atoms with E-state index >= 15 is 0 Å². The van der Waals surface area contributed by atoms with E-state index in [-0.39, 0.29) is 5.92 Å². The van der Waals surface area contributed by atoms with E-state index in [0.29, 0.717) is 0 Å². The third kappa shape index (κ3) is 1.90. The molecule has 2 aromatic rings. The lowest BCUT2D eigenvalue weighted by Crippen LogP contribution is -2.27. The zero-order valence-corrected chi connectivity index (χ0v) is 11.3. The van der Waals surface area contributed by atoms with Gasteiger partial charge in [-0.05, 0) is 28.6 Å². The van der Waals surface area contributed by atoms with Crippen LogP contribution in [-0.2, 0) is 6.54 Å². The summed E-state index contributed by atoms with van der Waals surface area (Å²) in [6.45, 7) is 1.75. The predicted octanol–water partition coefficient (Wildman–Crippen LogP) is 3.57. The Morgan fingerprint density at radius 1 is 1.47 bits per heavy atom. The van der Waals surface area contributed by atoms with E-state index in [1.54, 1.807) is 22.7 Å². The van der Waals surface area contributed by atoms with Gasteiger partial charge in [0.05, 0.1) is 4.34 Å². The number of fused-ring (bicyclic) bond motifs is 1. The normalized spacial score (nSPS) is 18.7. The molecule has 2 aromatic heterocycles. The average molecular weight is 281 g/mol. The molecule has 1 N–H and O–H groups in total. The molecular weight excluding hydrogens is 272 g/mol. The van der Waals surface area contributed by atoms with Crippen molar-refractivity contribution in [3.8, 4) is 6.07 Å². The van der Waals surface area contributed by atoms with Crippen LogP contribution in [0.4, 0.5) is 0 Å². The number of rotatable bonds is 1. The Bertz CT molecular complexity index is 594. The number of halogens is 1. The SMILES string of the molecule is N#Cc1cc2c(s1)CNCC2c1ccsc1Cl. The number of hydrogen-bond donors (Lipinski definition) is 1. The molecule has 3 heterocycles. The maximum atomic E-state index is 8.97. The Labute approximate surface area is 112 Å². The van der Waals surface area contributed by atoms with Crippen molar-refractivity contribution >= 4 is 34.3 Å². The zero-order chi connectivity index (χ0) is 11.8. The summed E-state index contributed by atoms with van der Waals surface area (Å²) in [6, 6.07) is 6.32. The number of nitrogens with zero attached hydrogens (tertiary/aromatic N) is 1. The second-order valence-corrected chi connectivity index (χ2v) is 6.59. The maximum Gasteiger partial charge on any atom is 0.110 e. The van der Waals surface area contributed by atoms with Gasteiger partial charge in [0.15, 0.2) is 0 Å². The van der Waals surface area contributed by atoms with Crippen LogP contribution in [0.2, 0.25) is 4.34 Å². The van der Waals surface area contributed by atoms with Crippen molar-refractivity contribution < 1.29 is 0 Å². The first-order valence-corrected chi connectivity index (χ1v) is 7.33. The minimum Gasteiger partial charge on any atom is -0.311 e. The van der Waals surface area contributed by atoms with Crippen molar-refractivity contribution in [2.24, 2.45) is 0 Å². The van der Waals surface area contributed by atoms with Crippen LogP contribution in [0.5, 0.6) is 0 Å². The van der Waals surface area contributed by atoms with Gasteiger partial charge in [-0.2, -0.15) is 5.26 Å². The molecule has 5 heteroatoms. The Morgan fingerprint density at radius 3 is 3.06 bits per heavy atom. The third-order valence-electron chi connectivity index (χ3n) is 2.98. The van der Waals surface area contributed by atoms with Crippen LogP contribution in [0, 0.1) is 11.3 Å². The average Bonchev–Trinajstić information content (AvgIpc) is 2.93. The van der Waals surface area contributed by atoms with Gasteiger partial charge >= 0.3 is 0 Å². The second kappa shape index (κ2) is 4.43. The minimum atomic E-state index is 0.288. The van der Waals surface area contributed by atoms with E-state index in [1.807, 2.05) is 11.4 Å². The van der Waals surface area contributed by atoms with E-state index in [9.17, 15) is 0 Å². The molecule has 0 spiro atoms. The molecule has 1 atom stereocenters. The summed E-state index contributed by atoms with van der Waals surface area (Å²) < 4.78 is 0.856. The van der Waals surface area contributed by atoms with Crippen LogP contribution in [0.1, 0.15) is 26.8 Å². The monoisotopic (exact) mass is 280 g/mol. The molecule has 1 unspecified atom stereocenters. The Balaban J connectivity index is 2.08. The lowest BCUT2D eigenvalue weighted by Gasteiger charge is -2.23. The number of hydrogen-bond acceptors (Lipinski definition) is 4. The Morgan fingerprint density at radius 2 is 2.35 bits per heavy atom. The van der Waals surface area contributed by atoms with Gasteiger partial charge in [-0.25, -0.2) is 0 Å². The van der Waals surface area contributed by atoms with Gasteiger partial charge in [-0.3, -0.25) is 0 Å². The molecule has 86 valence electrons. The molecule has 0 radical (unpaired) electrons. The highest BCUT2D eigenvalue weighted by Crippen LogP contribution is 2.39. The molecule has 0 bridgehead atoms. The van der Waals surface area contributed by atoms with Crippen molar-refractivity contribution in [1.82, 2.24) is 5.32 Å². The molecule has 3 rings (SSSR count). The van der Waals surface area contributed by atoms with Crippen LogP contribution in [-0.4, -0.2) is 6.54 Å². The van der Waals surface area contributed by atoms with Gasteiger partial charge < -0.3 is 5.32 Å². The van der Waals surface area contributed by atoms with Gasteiger partial charge in [0.2, 0.25) is 0 Å². The fourth-order valence-corrected chi connectivity index (χ4v) is 4.22. The smallest absolute Gasteiger partial charge is 0.110 e. The first-order valence-electron chi connectivity index (χ1n) is 5.26. The minimum absolute atomic E-state index is 0.288. The second-order valence-electron chi connectivity index (χ2n) is 3.93. The topological polar surface area (TPSA) is 35.8 Å². The summed E-state index contributed by atoms with van der Waals surface area (Å²) in [5, 5.41) is 14.4. The van der Waals surface area contributed by atoms with Gasteiger partial charge in [0.25, 0.3) is 0 Å². The number of nitrogens with one attached hydrogen (secondary N) is 1. The summed E-state index contributed by atoms with van der Waals surface area (Å²) in [6.07, 6.45) is 0. The molecule has 0 saturated heterocycles. The van der Waals surface area contributed by atoms with E-state index in [0.717, 1.165) is 22.3 Å². The van der Waals surface area contributed by atoms with Gasteiger partial charge in [-0.15, -0.1) is 22.7 Å². The lowest BCUT2D eigenvalue weighted by atomic mass is 9.91. The van der Waals surface area contributed by atoms with Gasteiger partial charge in [0, 0.05) is 23.9 Å². The molecule has 0 fully saturated rings. The van der Waals surface area contributed by atoms with E-state index in [2.05, 4.69) is 17.5 Å². The van der Waals surface area contributed by atoms with E-state index < -0.39 is 0 Å².